The predicted octanol–water partition coefficient (Wildman–Crippen LogP) is 2.02. The van der Waals surface area contributed by atoms with Gasteiger partial charge < -0.3 is 14.8 Å². The standard InChI is InChI=1S/C18H28N2O5S/c1-14(2)25-12-6-9-19-18(21)15-7-8-16(24-3)17(13-15)26(22,23)20-10-4-5-11-20/h7-8,13-14H,4-6,9-12H2,1-3H3,(H,19,21). The van der Waals surface area contributed by atoms with Crippen molar-refractivity contribution in [1.82, 2.24) is 9.62 Å². The van der Waals surface area contributed by atoms with Gasteiger partial charge in [-0.25, -0.2) is 8.42 Å². The first-order chi connectivity index (χ1) is 12.4. The monoisotopic (exact) mass is 384 g/mol. The van der Waals surface area contributed by atoms with Gasteiger partial charge in [-0.05, 0) is 51.3 Å². The molecule has 1 amide bonds. The molecule has 0 bridgehead atoms. The van der Waals surface area contributed by atoms with Gasteiger partial charge in [-0.15, -0.1) is 0 Å². The Balaban J connectivity index is 2.09. The fourth-order valence-electron chi connectivity index (χ4n) is 2.78. The van der Waals surface area contributed by atoms with E-state index >= 15 is 0 Å². The summed E-state index contributed by atoms with van der Waals surface area (Å²) >= 11 is 0. The Morgan fingerprint density at radius 3 is 2.58 bits per heavy atom. The number of amides is 1. The van der Waals surface area contributed by atoms with Crippen molar-refractivity contribution in [2.75, 3.05) is 33.4 Å². The smallest absolute Gasteiger partial charge is 0.251 e. The van der Waals surface area contributed by atoms with Gasteiger partial charge >= 0.3 is 0 Å². The van der Waals surface area contributed by atoms with Crippen LogP contribution in [0.3, 0.4) is 0 Å². The average molecular weight is 384 g/mol. The summed E-state index contributed by atoms with van der Waals surface area (Å²) in [6.45, 7) is 5.94. The van der Waals surface area contributed by atoms with Crippen molar-refractivity contribution in [2.45, 2.75) is 44.1 Å². The number of ether oxygens (including phenoxy) is 2. The van der Waals surface area contributed by atoms with Gasteiger partial charge in [-0.1, -0.05) is 0 Å². The maximum Gasteiger partial charge on any atom is 0.251 e. The number of carbonyl (C=O) groups excluding carboxylic acids is 1. The molecule has 0 radical (unpaired) electrons. The molecule has 1 saturated heterocycles. The van der Waals surface area contributed by atoms with Crippen LogP contribution in [0.4, 0.5) is 0 Å². The van der Waals surface area contributed by atoms with Gasteiger partial charge in [0.1, 0.15) is 10.6 Å². The number of sulfonamides is 1. The zero-order valence-electron chi connectivity index (χ0n) is 15.7. The highest BCUT2D eigenvalue weighted by atomic mass is 32.2. The van der Waals surface area contributed by atoms with E-state index in [2.05, 4.69) is 5.32 Å². The summed E-state index contributed by atoms with van der Waals surface area (Å²) in [7, 11) is -2.24. The summed E-state index contributed by atoms with van der Waals surface area (Å²) in [4.78, 5) is 12.4. The van der Waals surface area contributed by atoms with E-state index in [-0.39, 0.29) is 22.7 Å². The molecule has 0 aliphatic carbocycles. The third kappa shape index (κ3) is 5.18. The first-order valence-corrected chi connectivity index (χ1v) is 10.4. The normalized spacial score (nSPS) is 15.4. The van der Waals surface area contributed by atoms with Crippen LogP contribution in [-0.4, -0.2) is 58.1 Å². The second kappa shape index (κ2) is 9.34. The minimum atomic E-state index is -3.67. The Kier molecular flexibility index (Phi) is 7.43. The van der Waals surface area contributed by atoms with Gasteiger partial charge in [-0.2, -0.15) is 4.31 Å². The zero-order valence-corrected chi connectivity index (χ0v) is 16.5. The van der Waals surface area contributed by atoms with Crippen molar-refractivity contribution in [3.8, 4) is 5.75 Å². The van der Waals surface area contributed by atoms with E-state index in [1.54, 1.807) is 6.07 Å². The van der Waals surface area contributed by atoms with Crippen molar-refractivity contribution in [1.29, 1.82) is 0 Å². The molecule has 1 aromatic carbocycles. The minimum Gasteiger partial charge on any atom is -0.495 e. The van der Waals surface area contributed by atoms with Crippen LogP contribution in [-0.2, 0) is 14.8 Å². The molecule has 0 spiro atoms. The van der Waals surface area contributed by atoms with E-state index in [0.29, 0.717) is 38.2 Å². The minimum absolute atomic E-state index is 0.0395. The van der Waals surface area contributed by atoms with E-state index in [9.17, 15) is 13.2 Å². The van der Waals surface area contributed by atoms with Crippen LogP contribution in [0.2, 0.25) is 0 Å². The van der Waals surface area contributed by atoms with Crippen LogP contribution in [0.25, 0.3) is 0 Å². The number of hydrogen-bond donors (Lipinski definition) is 1. The van der Waals surface area contributed by atoms with Crippen LogP contribution in [0.15, 0.2) is 23.1 Å². The van der Waals surface area contributed by atoms with Crippen molar-refractivity contribution in [3.63, 3.8) is 0 Å². The first-order valence-electron chi connectivity index (χ1n) is 8.94. The van der Waals surface area contributed by atoms with E-state index in [4.69, 9.17) is 9.47 Å². The molecule has 1 heterocycles. The van der Waals surface area contributed by atoms with E-state index < -0.39 is 10.0 Å². The van der Waals surface area contributed by atoms with Gasteiger partial charge in [0.15, 0.2) is 0 Å². The third-order valence-corrected chi connectivity index (χ3v) is 6.09. The number of hydrogen-bond acceptors (Lipinski definition) is 5. The largest absolute Gasteiger partial charge is 0.495 e. The van der Waals surface area contributed by atoms with Gasteiger partial charge in [0.25, 0.3) is 5.91 Å². The van der Waals surface area contributed by atoms with E-state index in [1.165, 1.54) is 23.5 Å². The van der Waals surface area contributed by atoms with Gasteiger partial charge in [0, 0.05) is 31.8 Å². The number of benzene rings is 1. The fourth-order valence-corrected chi connectivity index (χ4v) is 4.48. The highest BCUT2D eigenvalue weighted by Crippen LogP contribution is 2.29. The number of nitrogens with one attached hydrogen (secondary N) is 1. The topological polar surface area (TPSA) is 84.9 Å². The molecule has 0 aromatic heterocycles. The average Bonchev–Trinajstić information content (AvgIpc) is 3.16. The predicted molar refractivity (Wildman–Crippen MR) is 99.0 cm³/mol. The van der Waals surface area contributed by atoms with Crippen molar-refractivity contribution >= 4 is 15.9 Å². The van der Waals surface area contributed by atoms with Crippen LogP contribution < -0.4 is 10.1 Å². The molecule has 26 heavy (non-hydrogen) atoms. The van der Waals surface area contributed by atoms with Crippen LogP contribution in [0.5, 0.6) is 5.75 Å². The molecule has 0 atom stereocenters. The van der Waals surface area contributed by atoms with Crippen LogP contribution in [0, 0.1) is 0 Å². The fraction of sp³-hybridized carbons (Fsp3) is 0.611. The Labute approximate surface area is 155 Å². The molecule has 0 saturated carbocycles. The van der Waals surface area contributed by atoms with Gasteiger partial charge in [0.2, 0.25) is 10.0 Å². The van der Waals surface area contributed by atoms with E-state index in [1.807, 2.05) is 13.8 Å². The Morgan fingerprint density at radius 2 is 1.96 bits per heavy atom. The molecule has 146 valence electrons. The lowest BCUT2D eigenvalue weighted by Gasteiger charge is -2.18. The lowest BCUT2D eigenvalue weighted by molar-refractivity contribution is 0.0757. The van der Waals surface area contributed by atoms with Gasteiger partial charge in [-0.3, -0.25) is 4.79 Å². The SMILES string of the molecule is COc1ccc(C(=O)NCCCOC(C)C)cc1S(=O)(=O)N1CCCC1. The number of methoxy groups -OCH3 is 1. The Morgan fingerprint density at radius 1 is 1.27 bits per heavy atom. The summed E-state index contributed by atoms with van der Waals surface area (Å²) in [5, 5.41) is 2.79. The van der Waals surface area contributed by atoms with Crippen molar-refractivity contribution in [3.05, 3.63) is 23.8 Å². The Hall–Kier alpha value is -1.64. The van der Waals surface area contributed by atoms with Crippen LogP contribution in [0.1, 0.15) is 43.5 Å². The second-order valence-corrected chi connectivity index (χ2v) is 8.41. The molecule has 2 rings (SSSR count). The lowest BCUT2D eigenvalue weighted by atomic mass is 10.2. The van der Waals surface area contributed by atoms with Crippen molar-refractivity contribution < 1.29 is 22.7 Å². The summed E-state index contributed by atoms with van der Waals surface area (Å²) in [6, 6.07) is 4.49. The summed E-state index contributed by atoms with van der Waals surface area (Å²) < 4.78 is 37.8. The number of rotatable bonds is 9. The summed E-state index contributed by atoms with van der Waals surface area (Å²) in [5.74, 6) is -0.0612. The first kappa shape index (κ1) is 20.7. The highest BCUT2D eigenvalue weighted by Gasteiger charge is 2.30. The summed E-state index contributed by atoms with van der Waals surface area (Å²) in [5.41, 5.74) is 0.299. The number of nitrogens with zero attached hydrogens (tertiary/aromatic N) is 1. The molecular formula is C18H28N2O5S. The van der Waals surface area contributed by atoms with Crippen LogP contribution >= 0.6 is 0 Å². The maximum atomic E-state index is 12.8. The molecule has 1 N–H and O–H groups in total. The highest BCUT2D eigenvalue weighted by molar-refractivity contribution is 7.89. The Bertz CT molecular complexity index is 712. The molecule has 1 aliphatic heterocycles. The second-order valence-electron chi connectivity index (χ2n) is 6.51. The third-order valence-electron chi connectivity index (χ3n) is 4.17. The maximum absolute atomic E-state index is 12.8. The molecule has 7 nitrogen and oxygen atoms in total. The molecular weight excluding hydrogens is 356 g/mol. The van der Waals surface area contributed by atoms with E-state index in [0.717, 1.165) is 12.8 Å². The number of carbonyl (C=O) groups is 1. The molecule has 1 aromatic rings. The molecule has 8 heteroatoms. The molecule has 1 aliphatic rings. The zero-order chi connectivity index (χ0) is 19.2. The quantitative estimate of drug-likeness (QED) is 0.659. The molecule has 1 fully saturated rings. The van der Waals surface area contributed by atoms with Crippen molar-refractivity contribution in [2.24, 2.45) is 0 Å². The van der Waals surface area contributed by atoms with Gasteiger partial charge in [0.05, 0.1) is 13.2 Å². The molecule has 0 unspecified atom stereocenters. The lowest BCUT2D eigenvalue weighted by Crippen LogP contribution is -2.29. The summed E-state index contributed by atoms with van der Waals surface area (Å²) in [6.07, 6.45) is 2.55.